The number of imide groups is 1. The van der Waals surface area contributed by atoms with Gasteiger partial charge in [-0.15, -0.1) is 0 Å². The van der Waals surface area contributed by atoms with E-state index < -0.39 is 5.92 Å². The Balaban J connectivity index is 0.775. The van der Waals surface area contributed by atoms with Crippen LogP contribution < -0.4 is 30.1 Å². The summed E-state index contributed by atoms with van der Waals surface area (Å²) in [5.74, 6) is -0.730. The molecule has 332 valence electrons. The lowest BCUT2D eigenvalue weighted by Gasteiger charge is -2.45. The maximum Gasteiger partial charge on any atom is 0.322 e. The van der Waals surface area contributed by atoms with Crippen molar-refractivity contribution in [1.82, 2.24) is 15.1 Å². The van der Waals surface area contributed by atoms with Gasteiger partial charge in [-0.1, -0.05) is 0 Å². The molecule has 0 bridgehead atoms. The normalized spacial score (nSPS) is 23.6. The molecule has 4 saturated heterocycles. The summed E-state index contributed by atoms with van der Waals surface area (Å²) >= 11 is 0. The highest BCUT2D eigenvalue weighted by Gasteiger charge is 2.36. The number of nitrogens with zero attached hydrogens (tertiary/aromatic N) is 6. The number of carbonyl (C=O) groups is 5. The fourth-order valence-electron chi connectivity index (χ4n) is 10.1. The molecule has 4 atom stereocenters. The van der Waals surface area contributed by atoms with Gasteiger partial charge in [0, 0.05) is 130 Å². The number of Topliss-reactive ketones (excluding diaryl/α,β-unsaturated/α-hetero) is 2. The Hall–Kier alpha value is -6.01. The number of nitrogens with one attached hydrogen (secondary N) is 2. The third-order valence-corrected chi connectivity index (χ3v) is 13.9. The summed E-state index contributed by atoms with van der Waals surface area (Å²) in [6, 6.07) is 17.8. The monoisotopic (exact) mass is 860 g/mol. The average Bonchev–Trinajstić information content (AvgIpc) is 3.28. The fourth-order valence-corrected chi connectivity index (χ4v) is 10.1. The third kappa shape index (κ3) is 9.51. The van der Waals surface area contributed by atoms with Gasteiger partial charge < -0.3 is 29.7 Å². The van der Waals surface area contributed by atoms with Crippen molar-refractivity contribution in [3.63, 3.8) is 0 Å². The van der Waals surface area contributed by atoms with Crippen molar-refractivity contribution in [1.29, 1.82) is 5.26 Å². The number of anilines is 4. The maximum atomic E-state index is 15.6. The lowest BCUT2D eigenvalue weighted by molar-refractivity contribution is -0.136. The topological polar surface area (TPSA) is 159 Å². The molecule has 4 fully saturated rings. The van der Waals surface area contributed by atoms with E-state index in [1.165, 1.54) is 6.07 Å². The number of ketones is 2. The van der Waals surface area contributed by atoms with Gasteiger partial charge in [0.25, 0.3) is 0 Å². The van der Waals surface area contributed by atoms with Crippen LogP contribution in [0.3, 0.4) is 0 Å². The Morgan fingerprint density at radius 2 is 1.59 bits per heavy atom. The second-order valence-corrected chi connectivity index (χ2v) is 18.0. The van der Waals surface area contributed by atoms with Crippen LogP contribution in [0.2, 0.25) is 0 Å². The van der Waals surface area contributed by atoms with Crippen LogP contribution >= 0.6 is 0 Å². The smallest absolute Gasteiger partial charge is 0.322 e. The predicted molar refractivity (Wildman–Crippen MR) is 238 cm³/mol. The van der Waals surface area contributed by atoms with E-state index in [0.29, 0.717) is 78.5 Å². The van der Waals surface area contributed by atoms with Crippen LogP contribution in [0, 0.1) is 34.9 Å². The Labute approximate surface area is 368 Å². The molecular formula is C48H57FN8O6. The molecule has 4 amide bonds. The number of benzene rings is 3. The number of carbonyl (C=O) groups excluding carboxylic acids is 5. The molecule has 0 saturated carbocycles. The summed E-state index contributed by atoms with van der Waals surface area (Å²) in [7, 11) is 1.54. The molecule has 3 aromatic rings. The van der Waals surface area contributed by atoms with Crippen LogP contribution in [0.15, 0.2) is 54.6 Å². The van der Waals surface area contributed by atoms with E-state index in [4.69, 9.17) is 4.74 Å². The van der Waals surface area contributed by atoms with E-state index in [1.54, 1.807) is 36.3 Å². The van der Waals surface area contributed by atoms with Gasteiger partial charge in [-0.3, -0.25) is 29.4 Å². The van der Waals surface area contributed by atoms with Gasteiger partial charge in [0.1, 0.15) is 17.6 Å². The molecule has 0 spiro atoms. The number of methoxy groups -OCH3 is 1. The van der Waals surface area contributed by atoms with Gasteiger partial charge in [0.2, 0.25) is 11.8 Å². The lowest BCUT2D eigenvalue weighted by Crippen LogP contribution is -2.59. The van der Waals surface area contributed by atoms with E-state index in [0.717, 1.165) is 70.0 Å². The Morgan fingerprint density at radius 1 is 0.841 bits per heavy atom. The van der Waals surface area contributed by atoms with Crippen molar-refractivity contribution in [2.75, 3.05) is 86.0 Å². The number of hydrogen-bond acceptors (Lipinski definition) is 11. The number of ether oxygens (including phenoxy) is 1. The summed E-state index contributed by atoms with van der Waals surface area (Å²) in [6.45, 7) is 11.0. The van der Waals surface area contributed by atoms with Crippen LogP contribution in [0.25, 0.3) is 0 Å². The molecule has 4 heterocycles. The highest BCUT2D eigenvalue weighted by Crippen LogP contribution is 2.35. The minimum absolute atomic E-state index is 0.00105. The number of halogens is 1. The van der Waals surface area contributed by atoms with E-state index in [1.807, 2.05) is 31.2 Å². The van der Waals surface area contributed by atoms with Gasteiger partial charge in [0.15, 0.2) is 11.6 Å². The summed E-state index contributed by atoms with van der Waals surface area (Å²) in [5.41, 5.74) is 4.24. The summed E-state index contributed by atoms with van der Waals surface area (Å²) in [6.07, 6.45) is 3.76. The molecule has 63 heavy (non-hydrogen) atoms. The number of amides is 4. The first-order valence-electron chi connectivity index (χ1n) is 22.4. The second kappa shape index (κ2) is 18.8. The largest absolute Gasteiger partial charge is 0.495 e. The highest BCUT2D eigenvalue weighted by atomic mass is 19.1. The number of fused-ring (bicyclic) bond motifs is 1. The van der Waals surface area contributed by atoms with Gasteiger partial charge in [-0.2, -0.15) is 5.26 Å². The predicted octanol–water partition coefficient (Wildman–Crippen LogP) is 6.09. The number of hydrogen-bond donors (Lipinski definition) is 2. The molecule has 8 rings (SSSR count). The minimum Gasteiger partial charge on any atom is -0.495 e. The van der Waals surface area contributed by atoms with Crippen LogP contribution in [-0.4, -0.2) is 117 Å². The van der Waals surface area contributed by atoms with E-state index in [9.17, 15) is 29.2 Å². The molecule has 15 heteroatoms. The van der Waals surface area contributed by atoms with Crippen molar-refractivity contribution >= 4 is 52.2 Å². The summed E-state index contributed by atoms with van der Waals surface area (Å²) in [4.78, 5) is 74.7. The Morgan fingerprint density at radius 3 is 2.30 bits per heavy atom. The number of urea groups is 1. The van der Waals surface area contributed by atoms with Crippen molar-refractivity contribution in [3.8, 4) is 11.8 Å². The molecule has 4 aliphatic heterocycles. The van der Waals surface area contributed by atoms with E-state index in [-0.39, 0.29) is 59.7 Å². The third-order valence-electron chi connectivity index (χ3n) is 13.9. The fraction of sp³-hybridized carbons (Fsp3) is 0.500. The molecule has 0 radical (unpaired) electrons. The quantitative estimate of drug-likeness (QED) is 0.227. The number of piperazine rings is 2. The maximum absolute atomic E-state index is 15.6. The van der Waals surface area contributed by atoms with E-state index in [2.05, 4.69) is 43.2 Å². The van der Waals surface area contributed by atoms with Gasteiger partial charge in [-0.25, -0.2) is 9.18 Å². The molecular weight excluding hydrogens is 804 g/mol. The van der Waals surface area contributed by atoms with Crippen LogP contribution in [-0.2, 0) is 9.59 Å². The highest BCUT2D eigenvalue weighted by molar-refractivity contribution is 6.15. The number of rotatable bonds is 10. The molecule has 2 unspecified atom stereocenters. The number of piperidine rings is 2. The SMILES string of the molecule is COc1cc(N2C[C@@H](C)N(C(=O)Nc3ccc(N4CCC(CN5CCN(c6ccc7c(c6)C(=O)CC(CCC6CCC(=O)NC6=O)C7=O)CC5)CC4)c(F)c3)C[C@@H]2C)ccc1C#N. The molecule has 2 N–H and O–H groups in total. The first-order valence-corrected chi connectivity index (χ1v) is 22.4. The lowest BCUT2D eigenvalue weighted by atomic mass is 9.78. The first kappa shape index (κ1) is 43.6. The van der Waals surface area contributed by atoms with Crippen molar-refractivity contribution in [2.24, 2.45) is 17.8 Å². The summed E-state index contributed by atoms with van der Waals surface area (Å²) < 4.78 is 21.0. The summed E-state index contributed by atoms with van der Waals surface area (Å²) in [5, 5.41) is 14.7. The van der Waals surface area contributed by atoms with Crippen molar-refractivity contribution in [3.05, 3.63) is 77.1 Å². The molecule has 14 nitrogen and oxygen atoms in total. The molecule has 0 aromatic heterocycles. The Kier molecular flexibility index (Phi) is 13.0. The zero-order valence-corrected chi connectivity index (χ0v) is 36.4. The first-order chi connectivity index (χ1) is 30.4. The van der Waals surface area contributed by atoms with Crippen LogP contribution in [0.1, 0.15) is 85.1 Å². The zero-order valence-electron chi connectivity index (χ0n) is 36.4. The van der Waals surface area contributed by atoms with Crippen molar-refractivity contribution < 1.29 is 33.1 Å². The van der Waals surface area contributed by atoms with E-state index >= 15 is 4.39 Å². The van der Waals surface area contributed by atoms with Crippen LogP contribution in [0.5, 0.6) is 5.75 Å². The standard InChI is InChI=1S/C48H57FN8O6/c1-30-28-57(31(2)27-56(30)38-9-6-35(26-50)44(25-38)63-3)48(62)51-36-8-12-42(41(49)23-36)55-16-14-32(15-17-55)29-53-18-20-54(21-19-53)37-10-11-39-40(24-37)43(58)22-34(46(39)60)5-4-33-7-13-45(59)52-47(33)61/h6,8-12,23-25,30-34H,4-5,7,13-22,27-29H2,1-3H3,(H,51,62)(H,52,59,61)/t30-,31+,33?,34?/m0/s1. The molecule has 5 aliphatic rings. The Bertz CT molecular complexity index is 2300. The van der Waals surface area contributed by atoms with Crippen molar-refractivity contribution in [2.45, 2.75) is 70.9 Å². The number of nitriles is 1. The van der Waals surface area contributed by atoms with Crippen LogP contribution in [0.4, 0.5) is 31.9 Å². The average molecular weight is 861 g/mol. The molecule has 3 aromatic carbocycles. The zero-order chi connectivity index (χ0) is 44.4. The van der Waals surface area contributed by atoms with Gasteiger partial charge in [0.05, 0.1) is 18.4 Å². The molecule has 1 aliphatic carbocycles. The van der Waals surface area contributed by atoms with Gasteiger partial charge >= 0.3 is 6.03 Å². The second-order valence-electron chi connectivity index (χ2n) is 18.0. The minimum atomic E-state index is -0.447. The van der Waals surface area contributed by atoms with Gasteiger partial charge in [-0.05, 0) is 100 Å².